The monoisotopic (exact) mass is 227 g/mol. The fraction of sp³-hybridized carbons (Fsp3) is 0.429. The van der Waals surface area contributed by atoms with Gasteiger partial charge in [-0.2, -0.15) is 0 Å². The number of nitrogens with zero attached hydrogens (tertiary/aromatic N) is 3. The molecule has 0 fully saturated rings. The van der Waals surface area contributed by atoms with Crippen molar-refractivity contribution in [1.82, 2.24) is 4.98 Å². The highest BCUT2D eigenvalue weighted by Crippen LogP contribution is 2.28. The molecule has 0 amide bonds. The lowest BCUT2D eigenvalue weighted by molar-refractivity contribution is 0.726. The second-order valence-electron chi connectivity index (χ2n) is 4.77. The van der Waals surface area contributed by atoms with Crippen molar-refractivity contribution >= 4 is 11.9 Å². The van der Waals surface area contributed by atoms with Gasteiger partial charge in [0.05, 0.1) is 18.4 Å². The molecule has 0 saturated heterocycles. The van der Waals surface area contributed by atoms with E-state index in [0.717, 1.165) is 26.1 Å². The van der Waals surface area contributed by atoms with Crippen molar-refractivity contribution in [2.45, 2.75) is 19.8 Å². The summed E-state index contributed by atoms with van der Waals surface area (Å²) in [6.45, 7) is 5.18. The lowest BCUT2D eigenvalue weighted by Gasteiger charge is -2.33. The zero-order valence-electron chi connectivity index (χ0n) is 10.2. The second-order valence-corrected chi connectivity index (χ2v) is 4.77. The van der Waals surface area contributed by atoms with Crippen LogP contribution < -0.4 is 4.90 Å². The van der Waals surface area contributed by atoms with E-state index in [-0.39, 0.29) is 0 Å². The predicted octanol–water partition coefficient (Wildman–Crippen LogP) is 2.37. The summed E-state index contributed by atoms with van der Waals surface area (Å²) in [5.41, 5.74) is 5.71. The van der Waals surface area contributed by atoms with Crippen LogP contribution in [-0.2, 0) is 0 Å². The number of anilines is 1. The van der Waals surface area contributed by atoms with Gasteiger partial charge in [-0.15, -0.1) is 0 Å². The number of hydrogen-bond donors (Lipinski definition) is 0. The van der Waals surface area contributed by atoms with Crippen LogP contribution in [0.15, 0.2) is 34.6 Å². The van der Waals surface area contributed by atoms with Crippen molar-refractivity contribution in [3.8, 4) is 0 Å². The van der Waals surface area contributed by atoms with Crippen LogP contribution >= 0.6 is 0 Å². The van der Waals surface area contributed by atoms with Crippen LogP contribution in [-0.4, -0.2) is 30.8 Å². The van der Waals surface area contributed by atoms with Gasteiger partial charge in [-0.05, 0) is 30.5 Å². The van der Waals surface area contributed by atoms with Gasteiger partial charge >= 0.3 is 0 Å². The van der Waals surface area contributed by atoms with Gasteiger partial charge in [-0.3, -0.25) is 9.98 Å². The van der Waals surface area contributed by atoms with E-state index in [9.17, 15) is 0 Å². The van der Waals surface area contributed by atoms with E-state index in [4.69, 9.17) is 0 Å². The maximum atomic E-state index is 4.39. The number of aryl methyl sites for hydroxylation is 1. The Morgan fingerprint density at radius 3 is 3.12 bits per heavy atom. The smallest absolute Gasteiger partial charge is 0.0615 e. The van der Waals surface area contributed by atoms with E-state index in [1.807, 2.05) is 12.4 Å². The van der Waals surface area contributed by atoms with Gasteiger partial charge in [0.2, 0.25) is 0 Å². The number of aliphatic imine (C=N–C) groups is 1. The summed E-state index contributed by atoms with van der Waals surface area (Å²) < 4.78 is 0. The fourth-order valence-electron chi connectivity index (χ4n) is 2.62. The van der Waals surface area contributed by atoms with E-state index in [2.05, 4.69) is 34.1 Å². The third-order valence-electron chi connectivity index (χ3n) is 3.67. The molecule has 0 N–H and O–H groups in total. The number of rotatable bonds is 1. The SMILES string of the molecule is Cc1ccncc1N1CCC2=C(CN=CC2)C1. The summed E-state index contributed by atoms with van der Waals surface area (Å²) in [7, 11) is 0. The van der Waals surface area contributed by atoms with E-state index in [1.54, 1.807) is 5.57 Å². The summed E-state index contributed by atoms with van der Waals surface area (Å²) in [6.07, 6.45) is 8.14. The molecular weight excluding hydrogens is 210 g/mol. The molecule has 0 aliphatic carbocycles. The molecule has 1 aromatic rings. The molecule has 0 aromatic carbocycles. The molecule has 2 aliphatic heterocycles. The Bertz CT molecular complexity index is 488. The summed E-state index contributed by atoms with van der Waals surface area (Å²) >= 11 is 0. The Balaban J connectivity index is 1.84. The Morgan fingerprint density at radius 1 is 1.29 bits per heavy atom. The summed E-state index contributed by atoms with van der Waals surface area (Å²) in [5, 5.41) is 0. The summed E-state index contributed by atoms with van der Waals surface area (Å²) in [5.74, 6) is 0. The number of pyridine rings is 1. The number of hydrogen-bond acceptors (Lipinski definition) is 3. The molecule has 0 atom stereocenters. The van der Waals surface area contributed by atoms with E-state index in [0.29, 0.717) is 0 Å². The van der Waals surface area contributed by atoms with Crippen LogP contribution in [0.2, 0.25) is 0 Å². The van der Waals surface area contributed by atoms with Crippen LogP contribution in [0.1, 0.15) is 18.4 Å². The van der Waals surface area contributed by atoms with Crippen LogP contribution in [0.25, 0.3) is 0 Å². The molecule has 1 aromatic heterocycles. The third kappa shape index (κ3) is 1.97. The number of dihydropyridines is 1. The van der Waals surface area contributed by atoms with Crippen LogP contribution in [0, 0.1) is 6.92 Å². The van der Waals surface area contributed by atoms with Crippen molar-refractivity contribution in [1.29, 1.82) is 0 Å². The van der Waals surface area contributed by atoms with Crippen LogP contribution in [0.5, 0.6) is 0 Å². The third-order valence-corrected chi connectivity index (χ3v) is 3.67. The molecule has 17 heavy (non-hydrogen) atoms. The van der Waals surface area contributed by atoms with Crippen molar-refractivity contribution < 1.29 is 0 Å². The van der Waals surface area contributed by atoms with E-state index < -0.39 is 0 Å². The largest absolute Gasteiger partial charge is 0.366 e. The minimum absolute atomic E-state index is 0.894. The molecule has 3 rings (SSSR count). The fourth-order valence-corrected chi connectivity index (χ4v) is 2.62. The Morgan fingerprint density at radius 2 is 2.24 bits per heavy atom. The quantitative estimate of drug-likeness (QED) is 0.689. The molecule has 0 saturated carbocycles. The molecule has 0 spiro atoms. The molecule has 0 unspecified atom stereocenters. The minimum Gasteiger partial charge on any atom is -0.366 e. The van der Waals surface area contributed by atoms with E-state index in [1.165, 1.54) is 23.2 Å². The first kappa shape index (κ1) is 10.5. The molecule has 3 heteroatoms. The van der Waals surface area contributed by atoms with Crippen molar-refractivity contribution in [2.75, 3.05) is 24.5 Å². The standard InChI is InChI=1S/C14H17N3/c1-11-2-5-16-9-14(11)17-7-4-12-3-6-15-8-13(12)10-17/h2,5-6,9H,3-4,7-8,10H2,1H3. The predicted molar refractivity (Wildman–Crippen MR) is 70.8 cm³/mol. The second kappa shape index (κ2) is 4.32. The molecule has 0 bridgehead atoms. The Kier molecular flexibility index (Phi) is 2.67. The van der Waals surface area contributed by atoms with Gasteiger partial charge in [0, 0.05) is 31.9 Å². The lowest BCUT2D eigenvalue weighted by Crippen LogP contribution is -2.34. The average molecular weight is 227 g/mol. The van der Waals surface area contributed by atoms with Gasteiger partial charge in [0.25, 0.3) is 0 Å². The van der Waals surface area contributed by atoms with Crippen LogP contribution in [0.4, 0.5) is 5.69 Å². The van der Waals surface area contributed by atoms with E-state index >= 15 is 0 Å². The van der Waals surface area contributed by atoms with Gasteiger partial charge in [0.1, 0.15) is 0 Å². The molecule has 2 aliphatic rings. The minimum atomic E-state index is 0.894. The van der Waals surface area contributed by atoms with Crippen molar-refractivity contribution in [3.05, 3.63) is 35.2 Å². The maximum Gasteiger partial charge on any atom is 0.0615 e. The Hall–Kier alpha value is -1.64. The Labute approximate surface area is 102 Å². The van der Waals surface area contributed by atoms with Gasteiger partial charge in [-0.1, -0.05) is 5.57 Å². The first-order valence-electron chi connectivity index (χ1n) is 6.18. The molecule has 88 valence electrons. The zero-order valence-corrected chi connectivity index (χ0v) is 10.2. The number of aromatic nitrogens is 1. The van der Waals surface area contributed by atoms with Crippen molar-refractivity contribution in [3.63, 3.8) is 0 Å². The highest BCUT2D eigenvalue weighted by Gasteiger charge is 2.20. The highest BCUT2D eigenvalue weighted by molar-refractivity contribution is 5.65. The molecule has 3 nitrogen and oxygen atoms in total. The average Bonchev–Trinajstić information content (AvgIpc) is 2.39. The van der Waals surface area contributed by atoms with Crippen molar-refractivity contribution in [2.24, 2.45) is 4.99 Å². The first-order chi connectivity index (χ1) is 8.34. The topological polar surface area (TPSA) is 28.5 Å². The first-order valence-corrected chi connectivity index (χ1v) is 6.18. The zero-order chi connectivity index (χ0) is 11.7. The molecule has 0 radical (unpaired) electrons. The van der Waals surface area contributed by atoms with Gasteiger partial charge < -0.3 is 4.90 Å². The summed E-state index contributed by atoms with van der Waals surface area (Å²) in [6, 6.07) is 2.08. The molecule has 3 heterocycles. The van der Waals surface area contributed by atoms with Gasteiger partial charge in [-0.25, -0.2) is 0 Å². The normalized spacial score (nSPS) is 19.5. The molecular formula is C14H17N3. The highest BCUT2D eigenvalue weighted by atomic mass is 15.1. The summed E-state index contributed by atoms with van der Waals surface area (Å²) in [4.78, 5) is 11.1. The maximum absolute atomic E-state index is 4.39. The van der Waals surface area contributed by atoms with Gasteiger partial charge in [0.15, 0.2) is 0 Å². The lowest BCUT2D eigenvalue weighted by atomic mass is 9.95. The van der Waals surface area contributed by atoms with Crippen LogP contribution in [0.3, 0.4) is 0 Å².